The molecule has 122 valence electrons. The van der Waals surface area contributed by atoms with Crippen molar-refractivity contribution in [1.82, 2.24) is 5.32 Å². The molecule has 0 bridgehead atoms. The molecule has 2 rings (SSSR count). The molecule has 0 aliphatic carbocycles. The summed E-state index contributed by atoms with van der Waals surface area (Å²) < 4.78 is 11.2. The first kappa shape index (κ1) is 17.2. The van der Waals surface area contributed by atoms with E-state index in [0.717, 1.165) is 19.3 Å². The zero-order valence-electron chi connectivity index (χ0n) is 13.0. The number of nitriles is 1. The minimum absolute atomic E-state index is 0.0339. The average molecular weight is 335 g/mol. The summed E-state index contributed by atoms with van der Waals surface area (Å²) in [6.07, 6.45) is 4.13. The Kier molecular flexibility index (Phi) is 6.30. The van der Waals surface area contributed by atoms with Crippen LogP contribution in [0.1, 0.15) is 31.7 Å². The number of carbonyl (C=O) groups is 1. The van der Waals surface area contributed by atoms with Crippen molar-refractivity contribution in [3.63, 3.8) is 0 Å². The normalized spacial score (nSPS) is 13.9. The predicted molar refractivity (Wildman–Crippen MR) is 88.6 cm³/mol. The maximum absolute atomic E-state index is 12.0. The number of hydrogen-bond donors (Lipinski definition) is 1. The maximum atomic E-state index is 12.0. The van der Waals surface area contributed by atoms with Crippen molar-refractivity contribution in [3.05, 3.63) is 28.3 Å². The van der Waals surface area contributed by atoms with Crippen molar-refractivity contribution in [2.75, 3.05) is 19.8 Å². The highest BCUT2D eigenvalue weighted by molar-refractivity contribution is 6.32. The Bertz CT molecular complexity index is 650. The molecule has 0 spiro atoms. The Morgan fingerprint density at radius 1 is 1.43 bits per heavy atom. The highest BCUT2D eigenvalue weighted by Gasteiger charge is 2.16. The Labute approximate surface area is 140 Å². The van der Waals surface area contributed by atoms with Crippen LogP contribution < -0.4 is 14.8 Å². The van der Waals surface area contributed by atoms with Gasteiger partial charge < -0.3 is 14.8 Å². The third-order valence-electron chi connectivity index (χ3n) is 3.32. The van der Waals surface area contributed by atoms with Crippen LogP contribution in [0.15, 0.2) is 17.7 Å². The summed E-state index contributed by atoms with van der Waals surface area (Å²) in [5, 5.41) is 12.3. The smallest absolute Gasteiger partial charge is 0.261 e. The van der Waals surface area contributed by atoms with Gasteiger partial charge >= 0.3 is 0 Å². The van der Waals surface area contributed by atoms with E-state index in [1.165, 1.54) is 6.08 Å². The van der Waals surface area contributed by atoms with Gasteiger partial charge in [-0.15, -0.1) is 0 Å². The molecule has 1 heterocycles. The van der Waals surface area contributed by atoms with Gasteiger partial charge in [0, 0.05) is 13.0 Å². The van der Waals surface area contributed by atoms with Gasteiger partial charge in [-0.1, -0.05) is 24.9 Å². The first-order chi connectivity index (χ1) is 11.2. The molecule has 1 aromatic carbocycles. The van der Waals surface area contributed by atoms with E-state index >= 15 is 0 Å². The van der Waals surface area contributed by atoms with E-state index in [1.54, 1.807) is 12.1 Å². The number of hydrogen-bond acceptors (Lipinski definition) is 4. The zero-order valence-corrected chi connectivity index (χ0v) is 13.8. The minimum Gasteiger partial charge on any atom is -0.489 e. The lowest BCUT2D eigenvalue weighted by atomic mass is 10.1. The third kappa shape index (κ3) is 4.64. The number of ether oxygens (including phenoxy) is 2. The molecule has 1 aliphatic rings. The summed E-state index contributed by atoms with van der Waals surface area (Å²) in [5.74, 6) is 0.654. The van der Waals surface area contributed by atoms with Gasteiger partial charge in [0.05, 0.1) is 18.2 Å². The van der Waals surface area contributed by atoms with Crippen LogP contribution in [0.25, 0.3) is 6.08 Å². The molecular weight excluding hydrogens is 316 g/mol. The molecule has 23 heavy (non-hydrogen) atoms. The Hall–Kier alpha value is -2.19. The van der Waals surface area contributed by atoms with E-state index in [4.69, 9.17) is 21.1 Å². The van der Waals surface area contributed by atoms with Crippen molar-refractivity contribution in [3.8, 4) is 17.6 Å². The van der Waals surface area contributed by atoms with Gasteiger partial charge in [0.1, 0.15) is 11.6 Å². The van der Waals surface area contributed by atoms with Crippen LogP contribution in [0.4, 0.5) is 0 Å². The fourth-order valence-corrected chi connectivity index (χ4v) is 2.40. The summed E-state index contributed by atoms with van der Waals surface area (Å²) in [4.78, 5) is 12.0. The van der Waals surface area contributed by atoms with Crippen molar-refractivity contribution in [1.29, 1.82) is 5.26 Å². The van der Waals surface area contributed by atoms with Gasteiger partial charge in [0.25, 0.3) is 5.91 Å². The quantitative estimate of drug-likeness (QED) is 0.509. The molecule has 1 aliphatic heterocycles. The molecule has 0 saturated heterocycles. The molecular formula is C17H19ClN2O3. The number of fused-ring (bicyclic) bond motifs is 1. The Balaban J connectivity index is 2.23. The summed E-state index contributed by atoms with van der Waals surface area (Å²) in [7, 11) is 0. The second kappa shape index (κ2) is 8.44. The molecule has 1 N–H and O–H groups in total. The monoisotopic (exact) mass is 334 g/mol. The van der Waals surface area contributed by atoms with Crippen molar-refractivity contribution < 1.29 is 14.3 Å². The highest BCUT2D eigenvalue weighted by atomic mass is 35.5. The predicted octanol–water partition coefficient (Wildman–Crippen LogP) is 3.32. The van der Waals surface area contributed by atoms with Crippen LogP contribution in [0.2, 0.25) is 5.02 Å². The van der Waals surface area contributed by atoms with Crippen LogP contribution in [-0.4, -0.2) is 25.7 Å². The van der Waals surface area contributed by atoms with E-state index in [2.05, 4.69) is 5.32 Å². The summed E-state index contributed by atoms with van der Waals surface area (Å²) >= 11 is 6.21. The minimum atomic E-state index is -0.385. The van der Waals surface area contributed by atoms with Crippen LogP contribution in [-0.2, 0) is 4.79 Å². The van der Waals surface area contributed by atoms with Crippen molar-refractivity contribution in [2.45, 2.75) is 26.2 Å². The number of carbonyl (C=O) groups excluding carboxylic acids is 1. The molecule has 0 saturated carbocycles. The van der Waals surface area contributed by atoms with E-state index < -0.39 is 0 Å². The number of unbranched alkanes of at least 4 members (excludes halogenated alkanes) is 1. The summed E-state index contributed by atoms with van der Waals surface area (Å²) in [6, 6.07) is 5.31. The molecule has 6 heteroatoms. The SMILES string of the molecule is CCCCNC(=O)C(C#N)=Cc1cc(Cl)c2c(c1)OCCCO2. The lowest BCUT2D eigenvalue weighted by Crippen LogP contribution is -2.25. The molecule has 0 fully saturated rings. The van der Waals surface area contributed by atoms with Gasteiger partial charge in [-0.3, -0.25) is 4.79 Å². The number of amides is 1. The zero-order chi connectivity index (χ0) is 16.7. The topological polar surface area (TPSA) is 71.4 Å². The van der Waals surface area contributed by atoms with Gasteiger partial charge in [0.2, 0.25) is 0 Å². The van der Waals surface area contributed by atoms with Crippen LogP contribution in [0.5, 0.6) is 11.5 Å². The first-order valence-electron chi connectivity index (χ1n) is 7.65. The Morgan fingerprint density at radius 2 is 2.22 bits per heavy atom. The molecule has 1 amide bonds. The molecule has 5 nitrogen and oxygen atoms in total. The fraction of sp³-hybridized carbons (Fsp3) is 0.412. The van der Waals surface area contributed by atoms with Gasteiger partial charge in [0.15, 0.2) is 11.5 Å². The summed E-state index contributed by atoms with van der Waals surface area (Å²) in [5.41, 5.74) is 0.660. The number of benzene rings is 1. The fourth-order valence-electron chi connectivity index (χ4n) is 2.12. The number of nitrogens with zero attached hydrogens (tertiary/aromatic N) is 1. The largest absolute Gasteiger partial charge is 0.489 e. The van der Waals surface area contributed by atoms with Crippen molar-refractivity contribution >= 4 is 23.6 Å². The molecule has 0 unspecified atom stereocenters. The highest BCUT2D eigenvalue weighted by Crippen LogP contribution is 2.38. The van der Waals surface area contributed by atoms with Crippen LogP contribution in [0, 0.1) is 11.3 Å². The number of nitrogens with one attached hydrogen (secondary N) is 1. The first-order valence-corrected chi connectivity index (χ1v) is 8.02. The van der Waals surface area contributed by atoms with E-state index in [0.29, 0.717) is 41.8 Å². The lowest BCUT2D eigenvalue weighted by molar-refractivity contribution is -0.117. The second-order valence-corrected chi connectivity index (χ2v) is 5.57. The van der Waals surface area contributed by atoms with E-state index in [1.807, 2.05) is 13.0 Å². The Morgan fingerprint density at radius 3 is 2.96 bits per heavy atom. The van der Waals surface area contributed by atoms with Gasteiger partial charge in [-0.2, -0.15) is 5.26 Å². The van der Waals surface area contributed by atoms with Crippen molar-refractivity contribution in [2.24, 2.45) is 0 Å². The second-order valence-electron chi connectivity index (χ2n) is 5.16. The number of halogens is 1. The summed E-state index contributed by atoms with van der Waals surface area (Å²) in [6.45, 7) is 3.67. The third-order valence-corrected chi connectivity index (χ3v) is 3.60. The molecule has 0 aromatic heterocycles. The van der Waals surface area contributed by atoms with E-state index in [9.17, 15) is 10.1 Å². The number of rotatable bonds is 5. The average Bonchev–Trinajstić information content (AvgIpc) is 2.78. The molecule has 0 radical (unpaired) electrons. The van der Waals surface area contributed by atoms with Gasteiger partial charge in [-0.25, -0.2) is 0 Å². The van der Waals surface area contributed by atoms with E-state index in [-0.39, 0.29) is 11.5 Å². The maximum Gasteiger partial charge on any atom is 0.261 e. The van der Waals surface area contributed by atoms with Crippen LogP contribution in [0.3, 0.4) is 0 Å². The van der Waals surface area contributed by atoms with Gasteiger partial charge in [-0.05, 0) is 30.2 Å². The van der Waals surface area contributed by atoms with Crippen LogP contribution >= 0.6 is 11.6 Å². The lowest BCUT2D eigenvalue weighted by Gasteiger charge is -2.10. The standard InChI is InChI=1S/C17H19ClN2O3/c1-2-3-5-20-17(21)13(11-19)8-12-9-14(18)16-15(10-12)22-6-4-7-23-16/h8-10H,2-7H2,1H3,(H,20,21). The molecule has 0 atom stereocenters. The molecule has 1 aromatic rings.